The highest BCUT2D eigenvalue weighted by Crippen LogP contribution is 2.54. The second-order valence-corrected chi connectivity index (χ2v) is 12.8. The van der Waals surface area contributed by atoms with Crippen LogP contribution in [-0.2, 0) is 4.79 Å². The number of hydrogen-bond acceptors (Lipinski definition) is 7. The number of amides is 2. The number of aromatic nitrogens is 1. The highest BCUT2D eigenvalue weighted by Gasteiger charge is 2.49. The molecule has 1 aromatic rings. The molecule has 0 aliphatic heterocycles. The van der Waals surface area contributed by atoms with Crippen LogP contribution in [0.15, 0.2) is 9.42 Å². The van der Waals surface area contributed by atoms with E-state index < -0.39 is 5.41 Å². The van der Waals surface area contributed by atoms with Gasteiger partial charge in [0.15, 0.2) is 0 Å². The minimum atomic E-state index is -0.769. The lowest BCUT2D eigenvalue weighted by Gasteiger charge is -2.54. The molecule has 35 heavy (non-hydrogen) atoms. The third-order valence-corrected chi connectivity index (χ3v) is 9.70. The van der Waals surface area contributed by atoms with Crippen molar-refractivity contribution in [2.45, 2.75) is 81.4 Å². The van der Waals surface area contributed by atoms with Crippen LogP contribution in [0.2, 0.25) is 0 Å². The fourth-order valence-electron chi connectivity index (χ4n) is 6.38. The number of nitrogens with two attached hydrogens (primary N) is 1. The second kappa shape index (κ2) is 10.9. The molecule has 0 spiro atoms. The van der Waals surface area contributed by atoms with Crippen molar-refractivity contribution in [2.24, 2.45) is 34.8 Å². The number of nitrogens with zero attached hydrogens (tertiary/aromatic N) is 1. The summed E-state index contributed by atoms with van der Waals surface area (Å²) in [5, 5.41) is 10.7. The van der Waals surface area contributed by atoms with Gasteiger partial charge >= 0.3 is 0 Å². The lowest BCUT2D eigenvalue weighted by molar-refractivity contribution is -0.130. The molecule has 4 N–H and O–H groups in total. The van der Waals surface area contributed by atoms with Crippen molar-refractivity contribution in [3.63, 3.8) is 0 Å². The standard InChI is InChI=1S/C25H38N4O4S.ClH/c1-25(2,24(31)27-7-6-26)13-32-23-21(34-18-4-3-5-18)20(33-29-23)22(30)28-19-16-9-14-8-15(11-16)12-17(19)10-14;/h14-19H,3-13,26H2,1-2H3,(H,27,31)(H,28,30);1H. The van der Waals surface area contributed by atoms with Crippen molar-refractivity contribution in [1.29, 1.82) is 0 Å². The summed E-state index contributed by atoms with van der Waals surface area (Å²) >= 11 is 1.62. The number of halogens is 1. The molecule has 8 nitrogen and oxygen atoms in total. The number of rotatable bonds is 10. The van der Waals surface area contributed by atoms with Crippen molar-refractivity contribution in [1.82, 2.24) is 15.8 Å². The molecule has 5 aliphatic rings. The molecule has 6 rings (SSSR count). The van der Waals surface area contributed by atoms with Crippen LogP contribution in [0.25, 0.3) is 0 Å². The first-order valence-corrected chi connectivity index (χ1v) is 13.8. The average Bonchev–Trinajstić information content (AvgIpc) is 3.17. The van der Waals surface area contributed by atoms with Crippen molar-refractivity contribution < 1.29 is 18.8 Å². The van der Waals surface area contributed by atoms with E-state index in [1.54, 1.807) is 11.8 Å². The molecule has 5 aliphatic carbocycles. The Morgan fingerprint density at radius 1 is 1.14 bits per heavy atom. The van der Waals surface area contributed by atoms with Crippen LogP contribution in [0.4, 0.5) is 0 Å². The number of hydrogen-bond donors (Lipinski definition) is 3. The number of carbonyl (C=O) groups is 2. The molecule has 0 radical (unpaired) electrons. The summed E-state index contributed by atoms with van der Waals surface area (Å²) in [4.78, 5) is 26.5. The summed E-state index contributed by atoms with van der Waals surface area (Å²) in [6.45, 7) is 4.57. The summed E-state index contributed by atoms with van der Waals surface area (Å²) in [5.41, 5.74) is 4.73. The molecule has 10 heteroatoms. The van der Waals surface area contributed by atoms with Gasteiger partial charge in [-0.25, -0.2) is 0 Å². The van der Waals surface area contributed by atoms with Crippen LogP contribution >= 0.6 is 24.2 Å². The van der Waals surface area contributed by atoms with E-state index in [9.17, 15) is 9.59 Å². The third-order valence-electron chi connectivity index (χ3n) is 8.30. The smallest absolute Gasteiger partial charge is 0.291 e. The highest BCUT2D eigenvalue weighted by atomic mass is 35.5. The quantitative estimate of drug-likeness (QED) is 0.424. The van der Waals surface area contributed by atoms with Crippen LogP contribution in [0.3, 0.4) is 0 Å². The predicted molar refractivity (Wildman–Crippen MR) is 137 cm³/mol. The van der Waals surface area contributed by atoms with Gasteiger partial charge in [0, 0.05) is 24.4 Å². The Morgan fingerprint density at radius 3 is 2.37 bits per heavy atom. The van der Waals surface area contributed by atoms with Crippen LogP contribution < -0.4 is 21.1 Å². The zero-order valence-electron chi connectivity index (χ0n) is 20.7. The number of carbonyl (C=O) groups excluding carboxylic acids is 2. The van der Waals surface area contributed by atoms with E-state index in [1.807, 2.05) is 13.8 Å². The van der Waals surface area contributed by atoms with Crippen LogP contribution in [-0.4, -0.2) is 48.0 Å². The first kappa shape index (κ1) is 26.6. The van der Waals surface area contributed by atoms with E-state index in [0.717, 1.165) is 24.7 Å². The summed E-state index contributed by atoms with van der Waals surface area (Å²) in [6, 6.07) is 0.237. The third kappa shape index (κ3) is 5.62. The fraction of sp³-hybridized carbons (Fsp3) is 0.800. The molecule has 5 saturated carbocycles. The van der Waals surface area contributed by atoms with Gasteiger partial charge in [0.05, 0.1) is 5.41 Å². The highest BCUT2D eigenvalue weighted by molar-refractivity contribution is 8.00. The van der Waals surface area contributed by atoms with E-state index in [4.69, 9.17) is 15.0 Å². The van der Waals surface area contributed by atoms with E-state index in [1.165, 1.54) is 38.5 Å². The van der Waals surface area contributed by atoms with Gasteiger partial charge in [-0.1, -0.05) is 6.42 Å². The molecule has 1 aromatic heterocycles. The van der Waals surface area contributed by atoms with Crippen LogP contribution in [0.1, 0.15) is 75.8 Å². The van der Waals surface area contributed by atoms with Crippen molar-refractivity contribution >= 4 is 36.0 Å². The van der Waals surface area contributed by atoms with Gasteiger partial charge in [-0.2, -0.15) is 0 Å². The van der Waals surface area contributed by atoms with E-state index >= 15 is 0 Å². The Kier molecular flexibility index (Phi) is 8.28. The maximum absolute atomic E-state index is 13.4. The molecule has 1 heterocycles. The Morgan fingerprint density at radius 2 is 1.80 bits per heavy atom. The molecule has 0 aromatic carbocycles. The Labute approximate surface area is 218 Å². The van der Waals surface area contributed by atoms with E-state index in [0.29, 0.717) is 41.0 Å². The SMILES string of the molecule is CC(C)(COc1noc(C(=O)NC2C3CC4CC(C3)CC2C4)c1SC1CCC1)C(=O)NCCN.Cl. The minimum Gasteiger partial charge on any atom is -0.474 e. The van der Waals surface area contributed by atoms with Gasteiger partial charge < -0.3 is 25.6 Å². The van der Waals surface area contributed by atoms with Gasteiger partial charge in [0.1, 0.15) is 11.5 Å². The second-order valence-electron chi connectivity index (χ2n) is 11.5. The normalized spacial score (nSPS) is 29.3. The lowest BCUT2D eigenvalue weighted by atomic mass is 9.54. The van der Waals surface area contributed by atoms with Gasteiger partial charge in [0.25, 0.3) is 11.8 Å². The molecule has 0 unspecified atom stereocenters. The van der Waals surface area contributed by atoms with Crippen LogP contribution in [0, 0.1) is 29.1 Å². The van der Waals surface area contributed by atoms with Crippen molar-refractivity contribution in [3.8, 4) is 5.88 Å². The molecule has 0 saturated heterocycles. The van der Waals surface area contributed by atoms with Crippen molar-refractivity contribution in [3.05, 3.63) is 5.76 Å². The van der Waals surface area contributed by atoms with Gasteiger partial charge in [0.2, 0.25) is 11.7 Å². The van der Waals surface area contributed by atoms with Crippen LogP contribution in [0.5, 0.6) is 5.88 Å². The minimum absolute atomic E-state index is 0. The molecular weight excluding hydrogens is 488 g/mol. The maximum atomic E-state index is 13.4. The zero-order valence-corrected chi connectivity index (χ0v) is 22.3. The molecule has 4 bridgehead atoms. The van der Waals surface area contributed by atoms with Gasteiger partial charge in [-0.3, -0.25) is 9.59 Å². The predicted octanol–water partition coefficient (Wildman–Crippen LogP) is 3.78. The van der Waals surface area contributed by atoms with E-state index in [-0.39, 0.29) is 42.6 Å². The number of nitrogens with one attached hydrogen (secondary N) is 2. The summed E-state index contributed by atoms with van der Waals surface area (Å²) in [6.07, 6.45) is 9.78. The Balaban J connectivity index is 0.00000289. The number of thioether (sulfide) groups is 1. The largest absolute Gasteiger partial charge is 0.474 e. The molecule has 2 amide bonds. The summed E-state index contributed by atoms with van der Waals surface area (Å²) in [7, 11) is 0. The zero-order chi connectivity index (χ0) is 23.9. The van der Waals surface area contributed by atoms with Crippen molar-refractivity contribution in [2.75, 3.05) is 19.7 Å². The summed E-state index contributed by atoms with van der Waals surface area (Å²) < 4.78 is 11.6. The number of ether oxygens (including phenoxy) is 1. The molecule has 196 valence electrons. The molecule has 0 atom stereocenters. The van der Waals surface area contributed by atoms with Gasteiger partial charge in [-0.15, -0.1) is 24.2 Å². The maximum Gasteiger partial charge on any atom is 0.291 e. The average molecular weight is 527 g/mol. The fourth-order valence-corrected chi connectivity index (χ4v) is 7.72. The van der Waals surface area contributed by atoms with E-state index in [2.05, 4.69) is 15.8 Å². The first-order valence-electron chi connectivity index (χ1n) is 12.9. The summed E-state index contributed by atoms with van der Waals surface area (Å²) in [5.74, 6) is 3.16. The Bertz CT molecular complexity index is 891. The van der Waals surface area contributed by atoms with Gasteiger partial charge in [-0.05, 0) is 87.6 Å². The lowest BCUT2D eigenvalue weighted by Crippen LogP contribution is -2.55. The first-order chi connectivity index (χ1) is 16.3. The topological polar surface area (TPSA) is 119 Å². The molecular formula is C25H39ClN4O4S. The monoisotopic (exact) mass is 526 g/mol. The Hall–Kier alpha value is -1.45. The molecule has 5 fully saturated rings.